The summed E-state index contributed by atoms with van der Waals surface area (Å²) in [5, 5.41) is 19.6. The quantitative estimate of drug-likeness (QED) is 0.250. The third kappa shape index (κ3) is 6.23. The molecule has 40 heavy (non-hydrogen) atoms. The van der Waals surface area contributed by atoms with Gasteiger partial charge in [0.15, 0.2) is 5.76 Å². The molecule has 0 aliphatic heterocycles. The van der Waals surface area contributed by atoms with Crippen molar-refractivity contribution >= 4 is 28.9 Å². The summed E-state index contributed by atoms with van der Waals surface area (Å²) in [5.41, 5.74) is -0.466. The monoisotopic (exact) mass is 574 g/mol. The second-order valence-electron chi connectivity index (χ2n) is 9.71. The van der Waals surface area contributed by atoms with Gasteiger partial charge in [0.1, 0.15) is 16.3 Å². The molecule has 0 unspecified atom stereocenters. The van der Waals surface area contributed by atoms with E-state index in [0.717, 1.165) is 28.3 Å². The van der Waals surface area contributed by atoms with Crippen LogP contribution in [-0.4, -0.2) is 31.1 Å². The first-order valence-electron chi connectivity index (χ1n) is 12.4. The van der Waals surface area contributed by atoms with E-state index in [1.54, 1.807) is 18.3 Å². The number of hydrogen-bond donors (Lipinski definition) is 4. The number of hydrogen-bond acceptors (Lipinski definition) is 9. The zero-order chi connectivity index (χ0) is 28.5. The molecule has 14 heteroatoms. The highest BCUT2D eigenvalue weighted by molar-refractivity contribution is 7.15. The molecule has 3 heterocycles. The Morgan fingerprint density at radius 3 is 2.70 bits per heavy atom. The Morgan fingerprint density at radius 1 is 1.23 bits per heavy atom. The average molecular weight is 575 g/mol. The van der Waals surface area contributed by atoms with Crippen molar-refractivity contribution in [2.75, 3.05) is 5.32 Å². The molecular formula is C26H25F3N6O4S. The van der Waals surface area contributed by atoms with E-state index < -0.39 is 17.5 Å². The molecule has 1 amide bonds. The lowest BCUT2D eigenvalue weighted by Crippen LogP contribution is -2.38. The number of carbonyl (C=O) groups excluding carboxylic acids is 1. The van der Waals surface area contributed by atoms with Gasteiger partial charge in [-0.25, -0.2) is 15.0 Å². The summed E-state index contributed by atoms with van der Waals surface area (Å²) in [7, 11) is 0. The molecule has 1 aliphatic carbocycles. The lowest BCUT2D eigenvalue weighted by molar-refractivity contribution is -0.141. The molecule has 0 saturated heterocycles. The number of amides is 1. The maximum atomic E-state index is 13.0. The summed E-state index contributed by atoms with van der Waals surface area (Å²) in [6, 6.07) is 7.50. The van der Waals surface area contributed by atoms with Crippen molar-refractivity contribution in [3.05, 3.63) is 75.1 Å². The molecule has 4 aromatic rings. The van der Waals surface area contributed by atoms with E-state index >= 15 is 0 Å². The Bertz CT molecular complexity index is 1570. The van der Waals surface area contributed by atoms with Crippen LogP contribution < -0.4 is 16.2 Å². The van der Waals surface area contributed by atoms with Gasteiger partial charge in [-0.1, -0.05) is 6.07 Å². The van der Waals surface area contributed by atoms with Gasteiger partial charge in [-0.2, -0.15) is 18.3 Å². The number of alkyl halides is 3. The molecule has 0 atom stereocenters. The molecule has 4 N–H and O–H groups in total. The predicted octanol–water partition coefficient (Wildman–Crippen LogP) is 4.65. The van der Waals surface area contributed by atoms with Crippen LogP contribution in [-0.2, 0) is 23.1 Å². The fourth-order valence-electron chi connectivity index (χ4n) is 4.62. The van der Waals surface area contributed by atoms with Crippen LogP contribution in [0.1, 0.15) is 47.7 Å². The van der Waals surface area contributed by atoms with Gasteiger partial charge in [-0.15, -0.1) is 11.3 Å². The minimum atomic E-state index is -4.58. The van der Waals surface area contributed by atoms with Gasteiger partial charge in [0, 0.05) is 30.1 Å². The van der Waals surface area contributed by atoms with Crippen molar-refractivity contribution in [3.8, 4) is 10.4 Å². The number of anilines is 2. The highest BCUT2D eigenvalue weighted by Gasteiger charge is 2.39. The van der Waals surface area contributed by atoms with Gasteiger partial charge < -0.3 is 20.3 Å². The molecule has 210 valence electrons. The SMILES string of the molecule is Cc1cc(Nc2nccc(C(F)(F)F)n2)cc(-c2cnc(C3(O)CCC(C(=O)NCc4cc(=O)[nH]o4)CC3)s2)c1. The third-order valence-electron chi connectivity index (χ3n) is 6.66. The maximum Gasteiger partial charge on any atom is 0.433 e. The first-order valence-corrected chi connectivity index (χ1v) is 13.2. The molecular weight excluding hydrogens is 549 g/mol. The molecule has 0 spiro atoms. The summed E-state index contributed by atoms with van der Waals surface area (Å²) in [5.74, 6) is -0.300. The van der Waals surface area contributed by atoms with Crippen molar-refractivity contribution in [1.29, 1.82) is 0 Å². The number of thiazole rings is 1. The zero-order valence-corrected chi connectivity index (χ0v) is 22.0. The number of aromatic nitrogens is 4. The largest absolute Gasteiger partial charge is 0.433 e. The second kappa shape index (κ2) is 10.8. The Morgan fingerprint density at radius 2 is 2.00 bits per heavy atom. The number of rotatable bonds is 7. The van der Waals surface area contributed by atoms with Crippen molar-refractivity contribution in [1.82, 2.24) is 25.4 Å². The number of nitrogens with one attached hydrogen (secondary N) is 3. The summed E-state index contributed by atoms with van der Waals surface area (Å²) in [6.45, 7) is 1.95. The molecule has 10 nitrogen and oxygen atoms in total. The predicted molar refractivity (Wildman–Crippen MR) is 140 cm³/mol. The lowest BCUT2D eigenvalue weighted by Gasteiger charge is -2.33. The van der Waals surface area contributed by atoms with E-state index in [0.29, 0.717) is 42.1 Å². The van der Waals surface area contributed by atoms with E-state index in [-0.39, 0.29) is 29.9 Å². The first-order chi connectivity index (χ1) is 19.0. The summed E-state index contributed by atoms with van der Waals surface area (Å²) < 4.78 is 44.0. The molecule has 1 aliphatic rings. The fourth-order valence-corrected chi connectivity index (χ4v) is 5.67. The van der Waals surface area contributed by atoms with Gasteiger partial charge in [-0.3, -0.25) is 9.59 Å². The van der Waals surface area contributed by atoms with Gasteiger partial charge in [0.25, 0.3) is 5.56 Å². The minimum absolute atomic E-state index is 0.0986. The van der Waals surface area contributed by atoms with Gasteiger partial charge >= 0.3 is 6.18 Å². The number of H-pyrrole nitrogens is 1. The van der Waals surface area contributed by atoms with Crippen LogP contribution in [0.25, 0.3) is 10.4 Å². The number of carbonyl (C=O) groups is 1. The normalized spacial score (nSPS) is 19.4. The summed E-state index contributed by atoms with van der Waals surface area (Å²) in [6.07, 6.45) is -0.254. The molecule has 0 radical (unpaired) electrons. The minimum Gasteiger partial charge on any atom is -0.383 e. The number of aliphatic hydroxyl groups is 1. The Labute approximate surface area is 229 Å². The van der Waals surface area contributed by atoms with Crippen molar-refractivity contribution < 1.29 is 27.6 Å². The summed E-state index contributed by atoms with van der Waals surface area (Å²) >= 11 is 1.33. The first kappa shape index (κ1) is 27.5. The van der Waals surface area contributed by atoms with E-state index in [1.165, 1.54) is 17.4 Å². The summed E-state index contributed by atoms with van der Waals surface area (Å²) in [4.78, 5) is 36.4. The highest BCUT2D eigenvalue weighted by Crippen LogP contribution is 2.43. The van der Waals surface area contributed by atoms with Gasteiger partial charge in [0.2, 0.25) is 11.9 Å². The van der Waals surface area contributed by atoms with Crippen LogP contribution in [0.5, 0.6) is 0 Å². The number of aryl methyl sites for hydroxylation is 1. The van der Waals surface area contributed by atoms with Crippen LogP contribution >= 0.6 is 11.3 Å². The van der Waals surface area contributed by atoms with E-state index in [9.17, 15) is 27.9 Å². The van der Waals surface area contributed by atoms with Crippen LogP contribution in [0.15, 0.2) is 52.0 Å². The number of nitrogens with zero attached hydrogens (tertiary/aromatic N) is 3. The third-order valence-corrected chi connectivity index (χ3v) is 7.90. The smallest absolute Gasteiger partial charge is 0.383 e. The standard InChI is InChI=1S/C26H25F3N6O4S/c1-14-8-16(10-17(9-14)33-24-30-7-4-20(34-24)26(27,28)29)19-13-32-23(40-19)25(38)5-2-15(3-6-25)22(37)31-12-18-11-21(36)35-39-18/h4,7-11,13,15,38H,2-3,5-6,12H2,1H3,(H,31,37)(H,35,36)(H,30,33,34). The second-order valence-corrected chi connectivity index (χ2v) is 10.7. The van der Waals surface area contributed by atoms with E-state index in [4.69, 9.17) is 4.52 Å². The van der Waals surface area contributed by atoms with E-state index in [2.05, 4.69) is 30.7 Å². The topological polar surface area (TPSA) is 146 Å². The molecule has 1 fully saturated rings. The molecule has 1 saturated carbocycles. The van der Waals surface area contributed by atoms with E-state index in [1.807, 2.05) is 13.0 Å². The lowest BCUT2D eigenvalue weighted by atomic mass is 9.78. The highest BCUT2D eigenvalue weighted by atomic mass is 32.1. The Kier molecular flexibility index (Phi) is 7.47. The fraction of sp³-hybridized carbons (Fsp3) is 0.346. The molecule has 0 bridgehead atoms. The van der Waals surface area contributed by atoms with Crippen molar-refractivity contribution in [2.24, 2.45) is 5.92 Å². The molecule has 1 aromatic carbocycles. The van der Waals surface area contributed by atoms with Crippen LogP contribution in [0.3, 0.4) is 0 Å². The Hall–Kier alpha value is -4.04. The van der Waals surface area contributed by atoms with Crippen LogP contribution in [0, 0.1) is 12.8 Å². The molecule has 5 rings (SSSR count). The van der Waals surface area contributed by atoms with Crippen molar-refractivity contribution in [3.63, 3.8) is 0 Å². The zero-order valence-electron chi connectivity index (χ0n) is 21.2. The number of halogens is 3. The van der Waals surface area contributed by atoms with Gasteiger partial charge in [0.05, 0.1) is 11.4 Å². The average Bonchev–Trinajstić information content (AvgIpc) is 3.57. The number of aromatic amines is 1. The number of benzene rings is 1. The van der Waals surface area contributed by atoms with Crippen molar-refractivity contribution in [2.45, 2.75) is 50.9 Å². The Balaban J connectivity index is 1.25. The van der Waals surface area contributed by atoms with Crippen LogP contribution in [0.4, 0.5) is 24.8 Å². The molecule has 3 aromatic heterocycles. The van der Waals surface area contributed by atoms with Gasteiger partial charge in [-0.05, 0) is 61.9 Å². The maximum absolute atomic E-state index is 13.0. The van der Waals surface area contributed by atoms with Crippen LogP contribution in [0.2, 0.25) is 0 Å².